The van der Waals surface area contributed by atoms with Gasteiger partial charge in [-0.05, 0) is 6.92 Å². The highest BCUT2D eigenvalue weighted by Gasteiger charge is 2.47. The van der Waals surface area contributed by atoms with Gasteiger partial charge >= 0.3 is 5.69 Å². The summed E-state index contributed by atoms with van der Waals surface area (Å²) in [5.41, 5.74) is -0.944. The van der Waals surface area contributed by atoms with Gasteiger partial charge in [0.25, 0.3) is 5.56 Å². The van der Waals surface area contributed by atoms with E-state index >= 15 is 0 Å². The van der Waals surface area contributed by atoms with Gasteiger partial charge in [-0.15, -0.1) is 0 Å². The Morgan fingerprint density at radius 3 is 2.70 bits per heavy atom. The summed E-state index contributed by atoms with van der Waals surface area (Å²) in [6, 6.07) is 0. The number of hydrogen-bond donors (Lipinski definition) is 3. The Hall–Kier alpha value is -1.29. The van der Waals surface area contributed by atoms with E-state index in [0.717, 1.165) is 4.57 Å². The van der Waals surface area contributed by atoms with E-state index in [1.165, 1.54) is 19.4 Å². The average Bonchev–Trinajstić information content (AvgIpc) is 2.70. The lowest BCUT2D eigenvalue weighted by Crippen LogP contribution is -2.40. The number of nitrogens with one attached hydrogen (secondary N) is 1. The van der Waals surface area contributed by atoms with Crippen LogP contribution in [0.4, 0.5) is 0 Å². The van der Waals surface area contributed by atoms with Crippen LogP contribution in [0.2, 0.25) is 0 Å². The zero-order chi connectivity index (χ0) is 15.0. The lowest BCUT2D eigenvalue weighted by Gasteiger charge is -2.20. The fourth-order valence-corrected chi connectivity index (χ4v) is 3.32. The zero-order valence-electron chi connectivity index (χ0n) is 11.0. The van der Waals surface area contributed by atoms with Gasteiger partial charge in [-0.2, -0.15) is 0 Å². The average molecular weight is 304 g/mol. The first-order valence-corrected chi connectivity index (χ1v) is 7.57. The van der Waals surface area contributed by atoms with Crippen LogP contribution in [-0.4, -0.2) is 54.3 Å². The van der Waals surface area contributed by atoms with Crippen LogP contribution in [0.25, 0.3) is 0 Å². The van der Waals surface area contributed by atoms with Crippen LogP contribution < -0.4 is 11.2 Å². The summed E-state index contributed by atoms with van der Waals surface area (Å²) in [5, 5.41) is 18.3. The number of rotatable bonds is 3. The Kier molecular flexibility index (Phi) is 4.23. The fraction of sp³-hybridized carbons (Fsp3) is 0.636. The maximum Gasteiger partial charge on any atom is 0.330 e. The van der Waals surface area contributed by atoms with Crippen molar-refractivity contribution in [1.29, 1.82) is 0 Å². The van der Waals surface area contributed by atoms with Crippen molar-refractivity contribution < 1.29 is 19.2 Å². The van der Waals surface area contributed by atoms with Crippen LogP contribution in [0.3, 0.4) is 0 Å². The number of aliphatic hydroxyl groups excluding tert-OH is 2. The molecule has 0 unspecified atom stereocenters. The molecule has 1 aromatic rings. The van der Waals surface area contributed by atoms with Crippen molar-refractivity contribution in [3.63, 3.8) is 0 Å². The molecule has 9 heteroatoms. The summed E-state index contributed by atoms with van der Waals surface area (Å²) >= 11 is 0. The van der Waals surface area contributed by atoms with E-state index < -0.39 is 52.3 Å². The van der Waals surface area contributed by atoms with Crippen molar-refractivity contribution in [2.75, 3.05) is 12.9 Å². The molecule has 0 saturated carbocycles. The van der Waals surface area contributed by atoms with E-state index in [1.807, 2.05) is 0 Å². The van der Waals surface area contributed by atoms with E-state index in [1.54, 1.807) is 0 Å². The van der Waals surface area contributed by atoms with Gasteiger partial charge in [-0.1, -0.05) is 0 Å². The number of hydrogen-bond acceptors (Lipinski definition) is 6. The van der Waals surface area contributed by atoms with Gasteiger partial charge in [0.05, 0.1) is 6.61 Å². The molecular weight excluding hydrogens is 288 g/mol. The van der Waals surface area contributed by atoms with Gasteiger partial charge in [-0.3, -0.25) is 18.6 Å². The molecule has 2 heterocycles. The number of ether oxygens (including phenoxy) is 1. The van der Waals surface area contributed by atoms with Gasteiger partial charge in [-0.25, -0.2) is 4.79 Å². The molecule has 0 radical (unpaired) electrons. The standard InChI is InChI=1S/C11H16N2O6S/c1-5-3-13(11(17)12-9(5)16)10-8(20(2)18)7(15)6(4-14)19-10/h3,6-8,10,14-15H,4H2,1-2H3,(H,12,16,17)/t6-,7-,8-,10-,20-/m1/s1. The molecule has 1 aliphatic rings. The summed E-state index contributed by atoms with van der Waals surface area (Å²) < 4.78 is 18.3. The van der Waals surface area contributed by atoms with Crippen LogP contribution in [0, 0.1) is 6.92 Å². The maximum absolute atomic E-state index is 11.8. The number of aryl methyl sites for hydroxylation is 1. The van der Waals surface area contributed by atoms with Gasteiger partial charge in [0, 0.05) is 28.8 Å². The Bertz CT molecular complexity index is 639. The van der Waals surface area contributed by atoms with Crippen molar-refractivity contribution >= 4 is 10.8 Å². The first-order chi connectivity index (χ1) is 9.36. The molecule has 112 valence electrons. The van der Waals surface area contributed by atoms with Crippen LogP contribution in [0.5, 0.6) is 0 Å². The smallest absolute Gasteiger partial charge is 0.330 e. The monoisotopic (exact) mass is 304 g/mol. The predicted octanol–water partition coefficient (Wildman–Crippen LogP) is -2.16. The Labute approximate surface area is 116 Å². The first-order valence-electron chi connectivity index (χ1n) is 5.95. The second kappa shape index (κ2) is 5.60. The van der Waals surface area contributed by atoms with Gasteiger partial charge < -0.3 is 14.9 Å². The van der Waals surface area contributed by atoms with Gasteiger partial charge in [0.1, 0.15) is 17.5 Å². The molecule has 0 aromatic carbocycles. The maximum atomic E-state index is 11.8. The summed E-state index contributed by atoms with van der Waals surface area (Å²) in [5.74, 6) is 0. The zero-order valence-corrected chi connectivity index (χ0v) is 11.8. The topological polar surface area (TPSA) is 122 Å². The molecule has 8 nitrogen and oxygen atoms in total. The number of aliphatic hydroxyl groups is 2. The van der Waals surface area contributed by atoms with Crippen LogP contribution in [-0.2, 0) is 15.5 Å². The molecule has 0 bridgehead atoms. The number of H-pyrrole nitrogens is 1. The second-order valence-electron chi connectivity index (χ2n) is 4.68. The van der Waals surface area contributed by atoms with E-state index in [0.29, 0.717) is 0 Å². The van der Waals surface area contributed by atoms with Crippen molar-refractivity contribution in [2.24, 2.45) is 0 Å². The third kappa shape index (κ3) is 2.49. The van der Waals surface area contributed by atoms with Crippen LogP contribution in [0.15, 0.2) is 15.8 Å². The number of aromatic nitrogens is 2. The van der Waals surface area contributed by atoms with E-state index in [9.17, 15) is 18.9 Å². The van der Waals surface area contributed by atoms with Crippen LogP contribution in [0.1, 0.15) is 11.8 Å². The third-order valence-electron chi connectivity index (χ3n) is 3.30. The van der Waals surface area contributed by atoms with Gasteiger partial charge in [0.2, 0.25) is 0 Å². The fourth-order valence-electron chi connectivity index (χ4n) is 2.23. The molecule has 3 N–H and O–H groups in total. The molecule has 1 aliphatic heterocycles. The minimum absolute atomic E-state index is 0.288. The highest BCUT2D eigenvalue weighted by atomic mass is 32.2. The van der Waals surface area contributed by atoms with E-state index in [4.69, 9.17) is 9.84 Å². The normalized spacial score (nSPS) is 31.4. The van der Waals surface area contributed by atoms with Crippen LogP contribution >= 0.6 is 0 Å². The van der Waals surface area contributed by atoms with E-state index in [-0.39, 0.29) is 5.56 Å². The Morgan fingerprint density at radius 2 is 2.15 bits per heavy atom. The molecular formula is C11H16N2O6S. The molecule has 1 saturated heterocycles. The summed E-state index contributed by atoms with van der Waals surface area (Å²) in [6.45, 7) is 1.06. The largest absolute Gasteiger partial charge is 0.394 e. The van der Waals surface area contributed by atoms with Gasteiger partial charge in [0.15, 0.2) is 6.23 Å². The highest BCUT2D eigenvalue weighted by molar-refractivity contribution is 7.85. The van der Waals surface area contributed by atoms with Crippen molar-refractivity contribution in [3.05, 3.63) is 32.6 Å². The van der Waals surface area contributed by atoms with Crippen molar-refractivity contribution in [2.45, 2.75) is 30.6 Å². The lowest BCUT2D eigenvalue weighted by molar-refractivity contribution is -0.0458. The Morgan fingerprint density at radius 1 is 1.50 bits per heavy atom. The molecule has 20 heavy (non-hydrogen) atoms. The number of aromatic amines is 1. The first kappa shape index (κ1) is 15.1. The molecule has 0 aliphatic carbocycles. The molecule has 1 aromatic heterocycles. The highest BCUT2D eigenvalue weighted by Crippen LogP contribution is 2.31. The summed E-state index contributed by atoms with van der Waals surface area (Å²) in [4.78, 5) is 25.3. The summed E-state index contributed by atoms with van der Waals surface area (Å²) in [7, 11) is -1.48. The minimum Gasteiger partial charge on any atom is -0.394 e. The third-order valence-corrected chi connectivity index (χ3v) is 4.57. The van der Waals surface area contributed by atoms with Crippen molar-refractivity contribution in [1.82, 2.24) is 9.55 Å². The SMILES string of the molecule is Cc1cn([C@@H]2O[C@H](CO)[C@@H](O)[C@H]2[S@@](C)=O)c(=O)[nH]c1=O. The van der Waals surface area contributed by atoms with E-state index in [2.05, 4.69) is 4.98 Å². The molecule has 0 amide bonds. The molecule has 0 spiro atoms. The number of nitrogens with zero attached hydrogens (tertiary/aromatic N) is 1. The molecule has 5 atom stereocenters. The minimum atomic E-state index is -1.48. The molecule has 2 rings (SSSR count). The second-order valence-corrected chi connectivity index (χ2v) is 6.22. The Balaban J connectivity index is 2.50. The molecule has 1 fully saturated rings. The van der Waals surface area contributed by atoms with Crippen molar-refractivity contribution in [3.8, 4) is 0 Å². The quantitative estimate of drug-likeness (QED) is 0.585. The lowest BCUT2D eigenvalue weighted by atomic mass is 10.2. The summed E-state index contributed by atoms with van der Waals surface area (Å²) in [6.07, 6.45) is -0.412. The predicted molar refractivity (Wildman–Crippen MR) is 70.9 cm³/mol.